The van der Waals surface area contributed by atoms with Crippen LogP contribution in [0.3, 0.4) is 0 Å². The molecule has 3 N–H and O–H groups in total. The Morgan fingerprint density at radius 3 is 2.79 bits per heavy atom. The number of rotatable bonds is 4. The topological polar surface area (TPSA) is 82.7 Å². The maximum atomic E-state index is 11.4. The summed E-state index contributed by atoms with van der Waals surface area (Å²) < 4.78 is 0. The number of likely N-dealkylation sites (N-methyl/N-ethyl adjacent to an activating group) is 1. The zero-order valence-electron chi connectivity index (χ0n) is 8.53. The van der Waals surface area contributed by atoms with Crippen molar-refractivity contribution in [1.82, 2.24) is 25.8 Å². The van der Waals surface area contributed by atoms with Gasteiger partial charge in [0.25, 0.3) is 0 Å². The van der Waals surface area contributed by atoms with E-state index in [0.717, 1.165) is 0 Å². The predicted molar refractivity (Wildman–Crippen MR) is 51.5 cm³/mol. The Balaban J connectivity index is 2.49. The van der Waals surface area contributed by atoms with Crippen LogP contribution in [0.2, 0.25) is 0 Å². The van der Waals surface area contributed by atoms with E-state index in [4.69, 9.17) is 0 Å². The second kappa shape index (κ2) is 4.71. The molecule has 0 saturated carbocycles. The summed E-state index contributed by atoms with van der Waals surface area (Å²) in [5, 5.41) is 12.1. The summed E-state index contributed by atoms with van der Waals surface area (Å²) in [5.74, 6) is 0.595. The fourth-order valence-electron chi connectivity index (χ4n) is 0.961. The standard InChI is InChI=1S/C8H15N5O/c1-5(7-10-4-11-13-7)12-8(14)6(2)9-3/h4-6,9H,1-3H3,(H,12,14)(H,10,11,13). The van der Waals surface area contributed by atoms with E-state index in [1.54, 1.807) is 14.0 Å². The third-order valence-corrected chi connectivity index (χ3v) is 2.03. The van der Waals surface area contributed by atoms with E-state index in [1.807, 2.05) is 6.92 Å². The maximum Gasteiger partial charge on any atom is 0.237 e. The fraction of sp³-hybridized carbons (Fsp3) is 0.625. The van der Waals surface area contributed by atoms with Crippen molar-refractivity contribution in [3.8, 4) is 0 Å². The molecule has 14 heavy (non-hydrogen) atoms. The van der Waals surface area contributed by atoms with E-state index < -0.39 is 0 Å². The van der Waals surface area contributed by atoms with Crippen molar-refractivity contribution in [3.63, 3.8) is 0 Å². The molecule has 6 nitrogen and oxygen atoms in total. The van der Waals surface area contributed by atoms with Gasteiger partial charge in [-0.3, -0.25) is 9.89 Å². The van der Waals surface area contributed by atoms with E-state index >= 15 is 0 Å². The van der Waals surface area contributed by atoms with Gasteiger partial charge in [0.05, 0.1) is 12.1 Å². The van der Waals surface area contributed by atoms with Crippen LogP contribution in [-0.4, -0.2) is 34.2 Å². The Morgan fingerprint density at radius 2 is 2.29 bits per heavy atom. The average molecular weight is 197 g/mol. The van der Waals surface area contributed by atoms with Crippen molar-refractivity contribution in [1.29, 1.82) is 0 Å². The molecule has 78 valence electrons. The molecule has 0 spiro atoms. The van der Waals surface area contributed by atoms with E-state index in [9.17, 15) is 4.79 Å². The number of aromatic amines is 1. The molecule has 1 rings (SSSR count). The summed E-state index contributed by atoms with van der Waals surface area (Å²) in [6.07, 6.45) is 1.42. The first-order valence-electron chi connectivity index (χ1n) is 4.48. The van der Waals surface area contributed by atoms with Gasteiger partial charge >= 0.3 is 0 Å². The molecule has 0 bridgehead atoms. The number of nitrogens with zero attached hydrogens (tertiary/aromatic N) is 2. The highest BCUT2D eigenvalue weighted by Gasteiger charge is 2.15. The van der Waals surface area contributed by atoms with Crippen molar-refractivity contribution >= 4 is 5.91 Å². The van der Waals surface area contributed by atoms with Crippen LogP contribution in [-0.2, 0) is 4.79 Å². The summed E-state index contributed by atoms with van der Waals surface area (Å²) in [4.78, 5) is 15.4. The van der Waals surface area contributed by atoms with Gasteiger partial charge in [0.2, 0.25) is 5.91 Å². The van der Waals surface area contributed by atoms with Crippen LogP contribution in [0.15, 0.2) is 6.33 Å². The number of aromatic nitrogens is 3. The Hall–Kier alpha value is -1.43. The number of carbonyl (C=O) groups excluding carboxylic acids is 1. The van der Waals surface area contributed by atoms with Gasteiger partial charge in [-0.15, -0.1) is 0 Å². The molecule has 1 heterocycles. The molecule has 1 amide bonds. The SMILES string of the molecule is CNC(C)C(=O)NC(C)c1ncn[nH]1. The third-order valence-electron chi connectivity index (χ3n) is 2.03. The zero-order valence-corrected chi connectivity index (χ0v) is 8.53. The van der Waals surface area contributed by atoms with Crippen molar-refractivity contribution in [2.75, 3.05) is 7.05 Å². The van der Waals surface area contributed by atoms with Gasteiger partial charge in [-0.25, -0.2) is 4.98 Å². The van der Waals surface area contributed by atoms with Gasteiger partial charge in [-0.2, -0.15) is 5.10 Å². The monoisotopic (exact) mass is 197 g/mol. The molecule has 1 aromatic heterocycles. The number of hydrogen-bond donors (Lipinski definition) is 3. The molecule has 2 atom stereocenters. The predicted octanol–water partition coefficient (Wildman–Crippen LogP) is -0.410. The maximum absolute atomic E-state index is 11.4. The fourth-order valence-corrected chi connectivity index (χ4v) is 0.961. The normalized spacial score (nSPS) is 14.8. The minimum Gasteiger partial charge on any atom is -0.345 e. The number of carbonyl (C=O) groups is 1. The highest BCUT2D eigenvalue weighted by molar-refractivity contribution is 5.81. The number of H-pyrrole nitrogens is 1. The Bertz CT molecular complexity index is 284. The van der Waals surface area contributed by atoms with E-state index in [1.165, 1.54) is 6.33 Å². The van der Waals surface area contributed by atoms with E-state index in [0.29, 0.717) is 5.82 Å². The first kappa shape index (κ1) is 10.6. The molecule has 0 aliphatic heterocycles. The van der Waals surface area contributed by atoms with Gasteiger partial charge in [-0.1, -0.05) is 0 Å². The molecule has 0 aliphatic carbocycles. The lowest BCUT2D eigenvalue weighted by Gasteiger charge is -2.14. The largest absolute Gasteiger partial charge is 0.345 e. The minimum absolute atomic E-state index is 0.0589. The molecular weight excluding hydrogens is 182 g/mol. The molecule has 6 heteroatoms. The Labute approximate surface area is 82.5 Å². The quantitative estimate of drug-likeness (QED) is 0.612. The molecule has 0 aliphatic rings. The zero-order chi connectivity index (χ0) is 10.6. The summed E-state index contributed by atoms with van der Waals surface area (Å²) in [5.41, 5.74) is 0. The van der Waals surface area contributed by atoms with Crippen LogP contribution < -0.4 is 10.6 Å². The lowest BCUT2D eigenvalue weighted by atomic mass is 10.2. The van der Waals surface area contributed by atoms with Crippen LogP contribution >= 0.6 is 0 Å². The molecular formula is C8H15N5O. The van der Waals surface area contributed by atoms with Crippen molar-refractivity contribution in [3.05, 3.63) is 12.2 Å². The Morgan fingerprint density at radius 1 is 1.57 bits per heavy atom. The van der Waals surface area contributed by atoms with Crippen molar-refractivity contribution in [2.45, 2.75) is 25.9 Å². The van der Waals surface area contributed by atoms with Crippen LogP contribution in [0.4, 0.5) is 0 Å². The van der Waals surface area contributed by atoms with Crippen LogP contribution in [0.1, 0.15) is 25.7 Å². The van der Waals surface area contributed by atoms with Gasteiger partial charge in [0.1, 0.15) is 12.2 Å². The molecule has 0 fully saturated rings. The summed E-state index contributed by atoms with van der Waals surface area (Å²) in [6.45, 7) is 3.64. The van der Waals surface area contributed by atoms with E-state index in [2.05, 4.69) is 25.8 Å². The number of hydrogen-bond acceptors (Lipinski definition) is 4. The first-order chi connectivity index (χ1) is 6.65. The van der Waals surface area contributed by atoms with Crippen LogP contribution in [0.5, 0.6) is 0 Å². The smallest absolute Gasteiger partial charge is 0.237 e. The molecule has 0 aromatic carbocycles. The molecule has 0 radical (unpaired) electrons. The van der Waals surface area contributed by atoms with Crippen LogP contribution in [0, 0.1) is 0 Å². The molecule has 0 saturated heterocycles. The Kier molecular flexibility index (Phi) is 3.58. The average Bonchev–Trinajstić information content (AvgIpc) is 2.69. The minimum atomic E-state index is -0.208. The van der Waals surface area contributed by atoms with Gasteiger partial charge in [0, 0.05) is 0 Å². The first-order valence-corrected chi connectivity index (χ1v) is 4.48. The second-order valence-electron chi connectivity index (χ2n) is 3.11. The van der Waals surface area contributed by atoms with Gasteiger partial charge in [0.15, 0.2) is 0 Å². The highest BCUT2D eigenvalue weighted by Crippen LogP contribution is 2.03. The summed E-state index contributed by atoms with van der Waals surface area (Å²) in [6, 6.07) is -0.360. The van der Waals surface area contributed by atoms with Crippen molar-refractivity contribution in [2.24, 2.45) is 0 Å². The highest BCUT2D eigenvalue weighted by atomic mass is 16.2. The summed E-state index contributed by atoms with van der Waals surface area (Å²) >= 11 is 0. The molecule has 2 unspecified atom stereocenters. The van der Waals surface area contributed by atoms with Crippen molar-refractivity contribution < 1.29 is 4.79 Å². The second-order valence-corrected chi connectivity index (χ2v) is 3.11. The third kappa shape index (κ3) is 2.53. The lowest BCUT2D eigenvalue weighted by molar-refractivity contribution is -0.123. The lowest BCUT2D eigenvalue weighted by Crippen LogP contribution is -2.41. The summed E-state index contributed by atoms with van der Waals surface area (Å²) in [7, 11) is 1.74. The molecule has 1 aromatic rings. The number of nitrogens with one attached hydrogen (secondary N) is 3. The number of amides is 1. The van der Waals surface area contributed by atoms with Crippen LogP contribution in [0.25, 0.3) is 0 Å². The van der Waals surface area contributed by atoms with E-state index in [-0.39, 0.29) is 18.0 Å². The van der Waals surface area contributed by atoms with Gasteiger partial charge < -0.3 is 10.6 Å². The van der Waals surface area contributed by atoms with Gasteiger partial charge in [-0.05, 0) is 20.9 Å².